The first-order valence-corrected chi connectivity index (χ1v) is 12.4. The molecule has 8 heteroatoms. The maximum atomic E-state index is 13.5. The monoisotopic (exact) mass is 488 g/mol. The minimum Gasteiger partial charge on any atom is -0.337 e. The van der Waals surface area contributed by atoms with Gasteiger partial charge in [-0.2, -0.15) is 4.72 Å². The lowest BCUT2D eigenvalue weighted by molar-refractivity contribution is -0.133. The Labute approximate surface area is 198 Å². The Bertz CT molecular complexity index is 1230. The SMILES string of the molecule is O=C([C@H](Cc1ccccc1)NS(=O)(=O)c1cc(Cl)ccc1Cl)N1CCc2ccccc2C1. The van der Waals surface area contributed by atoms with Gasteiger partial charge in [-0.3, -0.25) is 4.79 Å². The fraction of sp³-hybridized carbons (Fsp3) is 0.208. The quantitative estimate of drug-likeness (QED) is 0.556. The second-order valence-corrected chi connectivity index (χ2v) is 10.2. The highest BCUT2D eigenvalue weighted by molar-refractivity contribution is 7.89. The topological polar surface area (TPSA) is 66.5 Å². The molecule has 1 aliphatic heterocycles. The first-order valence-electron chi connectivity index (χ1n) is 10.2. The summed E-state index contributed by atoms with van der Waals surface area (Å²) in [7, 11) is -4.09. The van der Waals surface area contributed by atoms with Crippen molar-refractivity contribution in [3.05, 3.63) is 99.5 Å². The molecule has 1 N–H and O–H groups in total. The highest BCUT2D eigenvalue weighted by Crippen LogP contribution is 2.26. The van der Waals surface area contributed by atoms with Crippen LogP contribution in [0.1, 0.15) is 16.7 Å². The smallest absolute Gasteiger partial charge is 0.242 e. The third-order valence-electron chi connectivity index (χ3n) is 5.50. The van der Waals surface area contributed by atoms with Crippen LogP contribution in [0.15, 0.2) is 77.7 Å². The molecule has 0 saturated carbocycles. The van der Waals surface area contributed by atoms with E-state index in [2.05, 4.69) is 10.8 Å². The largest absolute Gasteiger partial charge is 0.337 e. The molecule has 3 aromatic rings. The van der Waals surface area contributed by atoms with Crippen molar-refractivity contribution in [3.63, 3.8) is 0 Å². The predicted molar refractivity (Wildman–Crippen MR) is 126 cm³/mol. The average molecular weight is 489 g/mol. The van der Waals surface area contributed by atoms with Crippen LogP contribution in [0.4, 0.5) is 0 Å². The highest BCUT2D eigenvalue weighted by atomic mass is 35.5. The standard InChI is InChI=1S/C24H22Cl2N2O3S/c25-20-10-11-21(26)23(15-20)32(30,31)27-22(14-17-6-2-1-3-7-17)24(29)28-13-12-18-8-4-5-9-19(18)16-28/h1-11,15,22,27H,12-14,16H2/t22-/m0/s1. The molecule has 0 saturated heterocycles. The summed E-state index contributed by atoms with van der Waals surface area (Å²) in [6, 6.07) is 20.5. The maximum Gasteiger partial charge on any atom is 0.242 e. The minimum atomic E-state index is -4.09. The van der Waals surface area contributed by atoms with Crippen molar-refractivity contribution in [1.29, 1.82) is 0 Å². The van der Waals surface area contributed by atoms with E-state index in [-0.39, 0.29) is 27.3 Å². The lowest BCUT2D eigenvalue weighted by Gasteiger charge is -2.32. The van der Waals surface area contributed by atoms with Gasteiger partial charge in [-0.1, -0.05) is 77.8 Å². The summed E-state index contributed by atoms with van der Waals surface area (Å²) in [6.45, 7) is 0.973. The van der Waals surface area contributed by atoms with E-state index in [1.807, 2.05) is 48.5 Å². The molecule has 0 bridgehead atoms. The van der Waals surface area contributed by atoms with Gasteiger partial charge in [-0.05, 0) is 47.7 Å². The van der Waals surface area contributed by atoms with Crippen LogP contribution in [-0.4, -0.2) is 31.8 Å². The van der Waals surface area contributed by atoms with Crippen LogP contribution in [0.3, 0.4) is 0 Å². The summed E-state index contributed by atoms with van der Waals surface area (Å²) in [5, 5.41) is 0.285. The van der Waals surface area contributed by atoms with E-state index in [1.54, 1.807) is 4.90 Å². The summed E-state index contributed by atoms with van der Waals surface area (Å²) in [6.07, 6.45) is 0.947. The Balaban J connectivity index is 1.63. The number of fused-ring (bicyclic) bond motifs is 1. The van der Waals surface area contributed by atoms with Gasteiger partial charge in [0.2, 0.25) is 15.9 Å². The first kappa shape index (κ1) is 22.8. The van der Waals surface area contributed by atoms with Crippen molar-refractivity contribution in [1.82, 2.24) is 9.62 Å². The zero-order chi connectivity index (χ0) is 22.7. The van der Waals surface area contributed by atoms with E-state index in [0.29, 0.717) is 13.1 Å². The predicted octanol–water partition coefficient (Wildman–Crippen LogP) is 4.47. The fourth-order valence-electron chi connectivity index (χ4n) is 3.87. The molecule has 0 unspecified atom stereocenters. The number of carbonyl (C=O) groups is 1. The summed E-state index contributed by atoms with van der Waals surface area (Å²) in [4.78, 5) is 15.1. The molecule has 1 amide bonds. The third-order valence-corrected chi connectivity index (χ3v) is 7.69. The van der Waals surface area contributed by atoms with Crippen LogP contribution in [0.25, 0.3) is 0 Å². The lowest BCUT2D eigenvalue weighted by Crippen LogP contribution is -2.50. The number of rotatable bonds is 6. The molecular formula is C24H22Cl2N2O3S. The molecule has 0 fully saturated rings. The zero-order valence-electron chi connectivity index (χ0n) is 17.2. The van der Waals surface area contributed by atoms with E-state index < -0.39 is 16.1 Å². The summed E-state index contributed by atoms with van der Waals surface area (Å²) < 4.78 is 28.9. The van der Waals surface area contributed by atoms with Gasteiger partial charge < -0.3 is 4.90 Å². The molecule has 1 heterocycles. The van der Waals surface area contributed by atoms with Crippen LogP contribution in [0.5, 0.6) is 0 Å². The van der Waals surface area contributed by atoms with E-state index in [4.69, 9.17) is 23.2 Å². The molecule has 166 valence electrons. The van der Waals surface area contributed by atoms with Crippen molar-refractivity contribution in [3.8, 4) is 0 Å². The molecule has 0 spiro atoms. The molecule has 0 aliphatic carbocycles. The number of hydrogen-bond acceptors (Lipinski definition) is 3. The number of amides is 1. The molecule has 32 heavy (non-hydrogen) atoms. The Hall–Kier alpha value is -2.38. The molecule has 4 rings (SSSR count). The van der Waals surface area contributed by atoms with E-state index in [9.17, 15) is 13.2 Å². The number of carbonyl (C=O) groups excluding carboxylic acids is 1. The number of nitrogens with zero attached hydrogens (tertiary/aromatic N) is 1. The molecule has 5 nitrogen and oxygen atoms in total. The van der Waals surface area contributed by atoms with E-state index in [1.165, 1.54) is 23.8 Å². The summed E-state index contributed by atoms with van der Waals surface area (Å²) in [5.74, 6) is -0.273. The molecule has 1 atom stereocenters. The number of hydrogen-bond donors (Lipinski definition) is 1. The zero-order valence-corrected chi connectivity index (χ0v) is 19.5. The first-order chi connectivity index (χ1) is 15.3. The molecule has 0 aromatic heterocycles. The van der Waals surface area contributed by atoms with Gasteiger partial charge in [0.15, 0.2) is 0 Å². The van der Waals surface area contributed by atoms with Gasteiger partial charge in [-0.25, -0.2) is 8.42 Å². The maximum absolute atomic E-state index is 13.5. The third kappa shape index (κ3) is 5.15. The Morgan fingerprint density at radius 2 is 1.66 bits per heavy atom. The van der Waals surface area contributed by atoms with Gasteiger partial charge in [0.1, 0.15) is 10.9 Å². The second kappa shape index (κ2) is 9.63. The number of nitrogens with one attached hydrogen (secondary N) is 1. The number of benzene rings is 3. The van der Waals surface area contributed by atoms with Gasteiger partial charge in [0, 0.05) is 18.1 Å². The van der Waals surface area contributed by atoms with Gasteiger partial charge >= 0.3 is 0 Å². The normalized spacial score (nSPS) is 14.6. The Morgan fingerprint density at radius 1 is 0.969 bits per heavy atom. The Kier molecular flexibility index (Phi) is 6.86. The van der Waals surface area contributed by atoms with Gasteiger partial charge in [-0.15, -0.1) is 0 Å². The van der Waals surface area contributed by atoms with Crippen LogP contribution >= 0.6 is 23.2 Å². The average Bonchev–Trinajstić information content (AvgIpc) is 2.80. The number of sulfonamides is 1. The van der Waals surface area contributed by atoms with Crippen molar-refractivity contribution in [2.45, 2.75) is 30.3 Å². The molecule has 1 aliphatic rings. The lowest BCUT2D eigenvalue weighted by atomic mass is 9.98. The molecule has 3 aromatic carbocycles. The van der Waals surface area contributed by atoms with Crippen molar-refractivity contribution in [2.24, 2.45) is 0 Å². The molecular weight excluding hydrogens is 467 g/mol. The fourth-order valence-corrected chi connectivity index (χ4v) is 5.82. The van der Waals surface area contributed by atoms with Crippen LogP contribution in [0, 0.1) is 0 Å². The minimum absolute atomic E-state index is 0.0414. The van der Waals surface area contributed by atoms with E-state index in [0.717, 1.165) is 17.5 Å². The van der Waals surface area contributed by atoms with Crippen LogP contribution in [-0.2, 0) is 34.2 Å². The van der Waals surface area contributed by atoms with Gasteiger partial charge in [0.05, 0.1) is 5.02 Å². The summed E-state index contributed by atoms with van der Waals surface area (Å²) >= 11 is 12.1. The highest BCUT2D eigenvalue weighted by Gasteiger charge is 2.32. The van der Waals surface area contributed by atoms with Crippen molar-refractivity contribution < 1.29 is 13.2 Å². The Morgan fingerprint density at radius 3 is 2.41 bits per heavy atom. The number of halogens is 2. The van der Waals surface area contributed by atoms with E-state index >= 15 is 0 Å². The van der Waals surface area contributed by atoms with Crippen LogP contribution in [0.2, 0.25) is 10.0 Å². The van der Waals surface area contributed by atoms with Crippen LogP contribution < -0.4 is 4.72 Å². The van der Waals surface area contributed by atoms with Crippen molar-refractivity contribution in [2.75, 3.05) is 6.54 Å². The summed E-state index contributed by atoms with van der Waals surface area (Å²) in [5.41, 5.74) is 3.14. The van der Waals surface area contributed by atoms with Crippen molar-refractivity contribution >= 4 is 39.1 Å². The second-order valence-electron chi connectivity index (χ2n) is 7.72. The molecule has 0 radical (unpaired) electrons. The van der Waals surface area contributed by atoms with Gasteiger partial charge in [0.25, 0.3) is 0 Å².